The van der Waals surface area contributed by atoms with Crippen molar-refractivity contribution in [1.29, 1.82) is 0 Å². The summed E-state index contributed by atoms with van der Waals surface area (Å²) in [6, 6.07) is 8.82. The number of hydrogen-bond acceptors (Lipinski definition) is 3. The number of hydrogen-bond donors (Lipinski definition) is 1. The number of para-hydroxylation sites is 1. The van der Waals surface area contributed by atoms with E-state index in [-0.39, 0.29) is 6.10 Å². The standard InChI is InChI=1S/C16H25NO2/c1-12(2)19-16-7-5-4-6-14(16)11-17-15-8-9-18-13(3)10-15/h4-7,12-13,15,17H,8-11H2,1-3H3. The van der Waals surface area contributed by atoms with Crippen molar-refractivity contribution in [3.05, 3.63) is 29.8 Å². The Morgan fingerprint density at radius 2 is 2.16 bits per heavy atom. The van der Waals surface area contributed by atoms with Gasteiger partial charge in [0, 0.05) is 24.8 Å². The summed E-state index contributed by atoms with van der Waals surface area (Å²) >= 11 is 0. The first-order chi connectivity index (χ1) is 9.15. The summed E-state index contributed by atoms with van der Waals surface area (Å²) < 4.78 is 11.4. The van der Waals surface area contributed by atoms with E-state index in [0.29, 0.717) is 12.1 Å². The average molecular weight is 263 g/mol. The molecule has 1 N–H and O–H groups in total. The Hall–Kier alpha value is -1.06. The molecule has 0 aliphatic carbocycles. The van der Waals surface area contributed by atoms with E-state index in [4.69, 9.17) is 9.47 Å². The quantitative estimate of drug-likeness (QED) is 0.885. The maximum absolute atomic E-state index is 5.84. The second-order valence-corrected chi connectivity index (χ2v) is 5.56. The van der Waals surface area contributed by atoms with Crippen LogP contribution < -0.4 is 10.1 Å². The van der Waals surface area contributed by atoms with E-state index in [1.807, 2.05) is 12.1 Å². The zero-order chi connectivity index (χ0) is 13.7. The zero-order valence-electron chi connectivity index (χ0n) is 12.2. The highest BCUT2D eigenvalue weighted by atomic mass is 16.5. The predicted octanol–water partition coefficient (Wildman–Crippen LogP) is 3.13. The van der Waals surface area contributed by atoms with Crippen molar-refractivity contribution in [3.8, 4) is 5.75 Å². The van der Waals surface area contributed by atoms with Crippen molar-refractivity contribution in [2.75, 3.05) is 6.61 Å². The third-order valence-corrected chi connectivity index (χ3v) is 3.40. The number of nitrogens with one attached hydrogen (secondary N) is 1. The van der Waals surface area contributed by atoms with Gasteiger partial charge in [-0.25, -0.2) is 0 Å². The molecular formula is C16H25NO2. The molecule has 1 aliphatic rings. The molecule has 0 radical (unpaired) electrons. The number of ether oxygens (including phenoxy) is 2. The highest BCUT2D eigenvalue weighted by molar-refractivity contribution is 5.33. The SMILES string of the molecule is CC(C)Oc1ccccc1CNC1CCOC(C)C1. The molecule has 0 saturated carbocycles. The maximum atomic E-state index is 5.84. The van der Waals surface area contributed by atoms with Crippen LogP contribution in [0.5, 0.6) is 5.75 Å². The van der Waals surface area contributed by atoms with Gasteiger partial charge in [0.1, 0.15) is 5.75 Å². The molecule has 0 amide bonds. The smallest absolute Gasteiger partial charge is 0.124 e. The summed E-state index contributed by atoms with van der Waals surface area (Å²) in [5.41, 5.74) is 1.23. The molecule has 1 aromatic carbocycles. The Kier molecular flexibility index (Phi) is 5.23. The van der Waals surface area contributed by atoms with E-state index in [1.165, 1.54) is 5.56 Å². The zero-order valence-corrected chi connectivity index (χ0v) is 12.2. The minimum atomic E-state index is 0.212. The maximum Gasteiger partial charge on any atom is 0.124 e. The first-order valence-electron chi connectivity index (χ1n) is 7.24. The topological polar surface area (TPSA) is 30.5 Å². The van der Waals surface area contributed by atoms with E-state index in [0.717, 1.165) is 31.7 Å². The molecular weight excluding hydrogens is 238 g/mol. The lowest BCUT2D eigenvalue weighted by Gasteiger charge is -2.28. The van der Waals surface area contributed by atoms with Gasteiger partial charge < -0.3 is 14.8 Å². The molecule has 1 aromatic rings. The predicted molar refractivity (Wildman–Crippen MR) is 77.5 cm³/mol. The Morgan fingerprint density at radius 1 is 1.37 bits per heavy atom. The van der Waals surface area contributed by atoms with Crippen molar-refractivity contribution in [1.82, 2.24) is 5.32 Å². The van der Waals surface area contributed by atoms with Crippen LogP contribution in [-0.4, -0.2) is 24.9 Å². The van der Waals surface area contributed by atoms with Crippen LogP contribution in [0.15, 0.2) is 24.3 Å². The van der Waals surface area contributed by atoms with E-state index in [1.54, 1.807) is 0 Å². The third-order valence-electron chi connectivity index (χ3n) is 3.40. The molecule has 19 heavy (non-hydrogen) atoms. The normalized spacial score (nSPS) is 23.6. The van der Waals surface area contributed by atoms with Gasteiger partial charge in [0.05, 0.1) is 12.2 Å². The number of rotatable bonds is 5. The lowest BCUT2D eigenvalue weighted by molar-refractivity contribution is 0.0130. The first kappa shape index (κ1) is 14.4. The molecule has 2 rings (SSSR count). The second-order valence-electron chi connectivity index (χ2n) is 5.56. The average Bonchev–Trinajstić information content (AvgIpc) is 2.37. The Morgan fingerprint density at radius 3 is 2.89 bits per heavy atom. The van der Waals surface area contributed by atoms with E-state index in [2.05, 4.69) is 38.2 Å². The number of benzene rings is 1. The largest absolute Gasteiger partial charge is 0.491 e. The summed E-state index contributed by atoms with van der Waals surface area (Å²) in [5, 5.41) is 3.62. The monoisotopic (exact) mass is 263 g/mol. The summed E-state index contributed by atoms with van der Waals surface area (Å²) in [6.45, 7) is 7.99. The molecule has 3 nitrogen and oxygen atoms in total. The summed E-state index contributed by atoms with van der Waals surface area (Å²) in [4.78, 5) is 0. The van der Waals surface area contributed by atoms with E-state index in [9.17, 15) is 0 Å². The minimum Gasteiger partial charge on any atom is -0.491 e. The first-order valence-corrected chi connectivity index (χ1v) is 7.24. The van der Waals surface area contributed by atoms with Crippen molar-refractivity contribution in [2.24, 2.45) is 0 Å². The Bertz CT molecular complexity index is 392. The molecule has 0 bridgehead atoms. The molecule has 0 aromatic heterocycles. The molecule has 1 heterocycles. The molecule has 106 valence electrons. The van der Waals surface area contributed by atoms with Gasteiger partial charge in [-0.05, 0) is 39.7 Å². The lowest BCUT2D eigenvalue weighted by atomic mass is 10.0. The van der Waals surface area contributed by atoms with Crippen LogP contribution >= 0.6 is 0 Å². The van der Waals surface area contributed by atoms with Crippen LogP contribution in [0.4, 0.5) is 0 Å². The Labute approximate surface area is 116 Å². The van der Waals surface area contributed by atoms with Gasteiger partial charge in [-0.1, -0.05) is 18.2 Å². The fourth-order valence-electron chi connectivity index (χ4n) is 2.46. The highest BCUT2D eigenvalue weighted by Crippen LogP contribution is 2.20. The molecule has 1 fully saturated rings. The van der Waals surface area contributed by atoms with Gasteiger partial charge in [-0.15, -0.1) is 0 Å². The molecule has 1 saturated heterocycles. The van der Waals surface area contributed by atoms with E-state index >= 15 is 0 Å². The molecule has 2 unspecified atom stereocenters. The van der Waals surface area contributed by atoms with Crippen LogP contribution in [0.25, 0.3) is 0 Å². The van der Waals surface area contributed by atoms with Crippen molar-refractivity contribution < 1.29 is 9.47 Å². The van der Waals surface area contributed by atoms with Gasteiger partial charge in [0.25, 0.3) is 0 Å². The van der Waals surface area contributed by atoms with E-state index < -0.39 is 0 Å². The summed E-state index contributed by atoms with van der Waals surface area (Å²) in [7, 11) is 0. The molecule has 1 aliphatic heterocycles. The van der Waals surface area contributed by atoms with Crippen LogP contribution in [0.2, 0.25) is 0 Å². The third kappa shape index (κ3) is 4.51. The fraction of sp³-hybridized carbons (Fsp3) is 0.625. The summed E-state index contributed by atoms with van der Waals surface area (Å²) in [5.74, 6) is 0.991. The second kappa shape index (κ2) is 6.92. The van der Waals surface area contributed by atoms with Crippen molar-refractivity contribution in [2.45, 2.75) is 58.4 Å². The molecule has 0 spiro atoms. The van der Waals surface area contributed by atoms with Gasteiger partial charge >= 0.3 is 0 Å². The van der Waals surface area contributed by atoms with Crippen LogP contribution in [0.1, 0.15) is 39.2 Å². The minimum absolute atomic E-state index is 0.212. The van der Waals surface area contributed by atoms with Crippen LogP contribution in [-0.2, 0) is 11.3 Å². The van der Waals surface area contributed by atoms with Crippen LogP contribution in [0.3, 0.4) is 0 Å². The van der Waals surface area contributed by atoms with Gasteiger partial charge in [0.2, 0.25) is 0 Å². The molecule has 2 atom stereocenters. The van der Waals surface area contributed by atoms with Gasteiger partial charge in [-0.2, -0.15) is 0 Å². The van der Waals surface area contributed by atoms with Crippen molar-refractivity contribution in [3.63, 3.8) is 0 Å². The Balaban J connectivity index is 1.91. The summed E-state index contributed by atoms with van der Waals surface area (Å²) in [6.07, 6.45) is 2.77. The fourth-order valence-corrected chi connectivity index (χ4v) is 2.46. The lowest BCUT2D eigenvalue weighted by Crippen LogP contribution is -2.37. The highest BCUT2D eigenvalue weighted by Gasteiger charge is 2.19. The van der Waals surface area contributed by atoms with Crippen molar-refractivity contribution >= 4 is 0 Å². The van der Waals surface area contributed by atoms with Gasteiger partial charge in [0.15, 0.2) is 0 Å². The van der Waals surface area contributed by atoms with Gasteiger partial charge in [-0.3, -0.25) is 0 Å². The van der Waals surface area contributed by atoms with Crippen LogP contribution in [0, 0.1) is 0 Å². The molecule has 3 heteroatoms.